The van der Waals surface area contributed by atoms with Crippen molar-refractivity contribution in [2.45, 2.75) is 6.42 Å². The maximum atomic E-state index is 12.4. The lowest BCUT2D eigenvalue weighted by Gasteiger charge is -2.25. The quantitative estimate of drug-likeness (QED) is 0.678. The first-order chi connectivity index (χ1) is 12.3. The molecule has 124 valence electrons. The number of fused-ring (bicyclic) bond motifs is 1. The number of carbonyl (C=O) groups is 1. The minimum atomic E-state index is -0.0226. The van der Waals surface area contributed by atoms with Gasteiger partial charge in [0.1, 0.15) is 5.52 Å². The lowest BCUT2D eigenvalue weighted by molar-refractivity contribution is -0.125. The first-order valence-corrected chi connectivity index (χ1v) is 8.36. The molecule has 0 radical (unpaired) electrons. The second-order valence-corrected chi connectivity index (χ2v) is 5.98. The van der Waals surface area contributed by atoms with Crippen molar-refractivity contribution in [2.24, 2.45) is 0 Å². The topological polar surface area (TPSA) is 46.3 Å². The van der Waals surface area contributed by atoms with E-state index >= 15 is 0 Å². The fourth-order valence-electron chi connectivity index (χ4n) is 2.99. The van der Waals surface area contributed by atoms with Gasteiger partial charge in [0.15, 0.2) is 5.58 Å². The van der Waals surface area contributed by atoms with Crippen LogP contribution in [0.5, 0.6) is 0 Å². The van der Waals surface area contributed by atoms with E-state index in [-0.39, 0.29) is 5.91 Å². The van der Waals surface area contributed by atoms with Crippen LogP contribution in [0.25, 0.3) is 22.7 Å². The average molecular weight is 330 g/mol. The van der Waals surface area contributed by atoms with Crippen molar-refractivity contribution < 1.29 is 9.21 Å². The molecule has 0 saturated heterocycles. The Morgan fingerprint density at radius 3 is 2.64 bits per heavy atom. The molecule has 0 unspecified atom stereocenters. The summed E-state index contributed by atoms with van der Waals surface area (Å²) in [6.07, 6.45) is 6.17. The van der Waals surface area contributed by atoms with Gasteiger partial charge in [0.25, 0.3) is 0 Å². The summed E-state index contributed by atoms with van der Waals surface area (Å²) in [5.74, 6) is 0.428. The predicted octanol–water partition coefficient (Wildman–Crippen LogP) is 4.16. The molecule has 0 N–H and O–H groups in total. The molecule has 1 aromatic heterocycles. The van der Waals surface area contributed by atoms with Gasteiger partial charge in [-0.15, -0.1) is 0 Å². The first kappa shape index (κ1) is 15.4. The highest BCUT2D eigenvalue weighted by Crippen LogP contribution is 2.22. The zero-order valence-electron chi connectivity index (χ0n) is 13.8. The number of para-hydroxylation sites is 2. The Bertz CT molecular complexity index is 921. The number of nitrogens with zero attached hydrogens (tertiary/aromatic N) is 2. The third-order valence-electron chi connectivity index (χ3n) is 4.34. The lowest BCUT2D eigenvalue weighted by Crippen LogP contribution is -2.33. The Balaban J connectivity index is 1.43. The van der Waals surface area contributed by atoms with E-state index in [4.69, 9.17) is 4.42 Å². The molecule has 1 aliphatic rings. The number of rotatable bonds is 3. The number of hydrogen-bond acceptors (Lipinski definition) is 3. The zero-order valence-corrected chi connectivity index (χ0v) is 13.8. The van der Waals surface area contributed by atoms with E-state index in [1.54, 1.807) is 6.08 Å². The van der Waals surface area contributed by atoms with Crippen molar-refractivity contribution in [3.8, 4) is 0 Å². The summed E-state index contributed by atoms with van der Waals surface area (Å²) in [7, 11) is 0. The highest BCUT2D eigenvalue weighted by Gasteiger charge is 2.16. The van der Waals surface area contributed by atoms with Gasteiger partial charge in [-0.1, -0.05) is 48.5 Å². The van der Waals surface area contributed by atoms with E-state index < -0.39 is 0 Å². The van der Waals surface area contributed by atoms with Gasteiger partial charge < -0.3 is 9.32 Å². The highest BCUT2D eigenvalue weighted by molar-refractivity contribution is 5.92. The van der Waals surface area contributed by atoms with Gasteiger partial charge in [-0.05, 0) is 29.7 Å². The smallest absolute Gasteiger partial charge is 0.247 e. The molecular weight excluding hydrogens is 312 g/mol. The number of amides is 1. The largest absolute Gasteiger partial charge is 0.437 e. The molecule has 4 rings (SSSR count). The molecule has 0 saturated carbocycles. The van der Waals surface area contributed by atoms with Crippen LogP contribution in [0.15, 0.2) is 71.2 Å². The van der Waals surface area contributed by atoms with Crippen LogP contribution >= 0.6 is 0 Å². The summed E-state index contributed by atoms with van der Waals surface area (Å²) in [6.45, 7) is 1.35. The molecule has 2 heterocycles. The van der Waals surface area contributed by atoms with Crippen molar-refractivity contribution in [3.63, 3.8) is 0 Å². The molecule has 0 aliphatic carbocycles. The molecule has 0 atom stereocenters. The Kier molecular flexibility index (Phi) is 4.17. The van der Waals surface area contributed by atoms with Crippen LogP contribution in [0.2, 0.25) is 0 Å². The molecule has 2 aromatic carbocycles. The standard InChI is InChI=1S/C21H18N2O2/c24-21(11-10-20-22-18-8-4-5-9-19(18)25-20)23-14-12-17(13-15-23)16-6-2-1-3-7-16/h1-12H,13-15H2. The molecule has 4 heteroatoms. The fourth-order valence-corrected chi connectivity index (χ4v) is 2.99. The Hall–Kier alpha value is -3.14. The summed E-state index contributed by atoms with van der Waals surface area (Å²) < 4.78 is 5.60. The van der Waals surface area contributed by atoms with Gasteiger partial charge in [-0.2, -0.15) is 0 Å². The van der Waals surface area contributed by atoms with Gasteiger partial charge in [0.05, 0.1) is 0 Å². The molecule has 25 heavy (non-hydrogen) atoms. The summed E-state index contributed by atoms with van der Waals surface area (Å²) in [6, 6.07) is 17.9. The third-order valence-corrected chi connectivity index (χ3v) is 4.34. The molecule has 0 bridgehead atoms. The first-order valence-electron chi connectivity index (χ1n) is 8.36. The summed E-state index contributed by atoms with van der Waals surface area (Å²) in [5.41, 5.74) is 4.05. The van der Waals surface area contributed by atoms with E-state index in [2.05, 4.69) is 23.2 Å². The van der Waals surface area contributed by atoms with Crippen LogP contribution < -0.4 is 0 Å². The minimum absolute atomic E-state index is 0.0226. The van der Waals surface area contributed by atoms with Crippen LogP contribution in [0.4, 0.5) is 0 Å². The highest BCUT2D eigenvalue weighted by atomic mass is 16.3. The van der Waals surface area contributed by atoms with Crippen LogP contribution in [-0.2, 0) is 4.79 Å². The van der Waals surface area contributed by atoms with E-state index in [9.17, 15) is 4.79 Å². The van der Waals surface area contributed by atoms with Crippen molar-refractivity contribution in [2.75, 3.05) is 13.1 Å². The van der Waals surface area contributed by atoms with Crippen LogP contribution in [0.1, 0.15) is 17.9 Å². The Morgan fingerprint density at radius 2 is 1.88 bits per heavy atom. The van der Waals surface area contributed by atoms with Gasteiger partial charge in [0, 0.05) is 25.2 Å². The van der Waals surface area contributed by atoms with E-state index in [0.717, 1.165) is 24.1 Å². The van der Waals surface area contributed by atoms with E-state index in [1.165, 1.54) is 17.2 Å². The zero-order chi connectivity index (χ0) is 17.1. The lowest BCUT2D eigenvalue weighted by atomic mass is 9.99. The Morgan fingerprint density at radius 1 is 1.08 bits per heavy atom. The SMILES string of the molecule is O=C(C=Cc1nc2ccccc2o1)N1CC=C(c2ccccc2)CC1. The summed E-state index contributed by atoms with van der Waals surface area (Å²) >= 11 is 0. The monoisotopic (exact) mass is 330 g/mol. The van der Waals surface area contributed by atoms with E-state index in [0.29, 0.717) is 12.4 Å². The second-order valence-electron chi connectivity index (χ2n) is 5.98. The second kappa shape index (κ2) is 6.77. The van der Waals surface area contributed by atoms with Gasteiger partial charge >= 0.3 is 0 Å². The van der Waals surface area contributed by atoms with Gasteiger partial charge in [0.2, 0.25) is 11.8 Å². The number of aromatic nitrogens is 1. The van der Waals surface area contributed by atoms with Crippen LogP contribution in [0.3, 0.4) is 0 Å². The van der Waals surface area contributed by atoms with Gasteiger partial charge in [-0.25, -0.2) is 4.98 Å². The molecule has 1 aliphatic heterocycles. The van der Waals surface area contributed by atoms with Crippen molar-refractivity contribution in [1.29, 1.82) is 0 Å². The molecule has 0 fully saturated rings. The Labute approximate surface area is 146 Å². The predicted molar refractivity (Wildman–Crippen MR) is 98.7 cm³/mol. The molecule has 4 nitrogen and oxygen atoms in total. The number of benzene rings is 2. The number of oxazole rings is 1. The average Bonchev–Trinajstić information content (AvgIpc) is 3.10. The van der Waals surface area contributed by atoms with Gasteiger partial charge in [-0.3, -0.25) is 4.79 Å². The van der Waals surface area contributed by atoms with Crippen molar-refractivity contribution in [1.82, 2.24) is 9.88 Å². The number of carbonyl (C=O) groups excluding carboxylic acids is 1. The van der Waals surface area contributed by atoms with Crippen LogP contribution in [0, 0.1) is 0 Å². The minimum Gasteiger partial charge on any atom is -0.437 e. The summed E-state index contributed by atoms with van der Waals surface area (Å²) in [5, 5.41) is 0. The maximum Gasteiger partial charge on any atom is 0.247 e. The fraction of sp³-hybridized carbons (Fsp3) is 0.143. The molecule has 0 spiro atoms. The van der Waals surface area contributed by atoms with Crippen LogP contribution in [-0.4, -0.2) is 28.9 Å². The van der Waals surface area contributed by atoms with Crippen molar-refractivity contribution >= 4 is 28.7 Å². The normalized spacial score (nSPS) is 14.9. The molecule has 1 amide bonds. The molecular formula is C21H18N2O2. The van der Waals surface area contributed by atoms with E-state index in [1.807, 2.05) is 47.4 Å². The maximum absolute atomic E-state index is 12.4. The van der Waals surface area contributed by atoms with Crippen molar-refractivity contribution in [3.05, 3.63) is 78.2 Å². The third kappa shape index (κ3) is 3.38. The summed E-state index contributed by atoms with van der Waals surface area (Å²) in [4.78, 5) is 18.5. The number of hydrogen-bond donors (Lipinski definition) is 0. The molecule has 3 aromatic rings.